The van der Waals surface area contributed by atoms with Crippen molar-refractivity contribution >= 4 is 5.91 Å². The van der Waals surface area contributed by atoms with Gasteiger partial charge in [-0.25, -0.2) is 5.48 Å². The number of rotatable bonds is 4. The number of amides is 1. The first-order valence-corrected chi connectivity index (χ1v) is 5.24. The van der Waals surface area contributed by atoms with Crippen molar-refractivity contribution in [2.45, 2.75) is 26.7 Å². The van der Waals surface area contributed by atoms with Gasteiger partial charge < -0.3 is 0 Å². The van der Waals surface area contributed by atoms with Crippen molar-refractivity contribution < 1.29 is 9.63 Å². The van der Waals surface area contributed by atoms with Crippen molar-refractivity contribution in [2.75, 3.05) is 7.11 Å². The Hall–Kier alpha value is -1.09. The van der Waals surface area contributed by atoms with E-state index in [-0.39, 0.29) is 11.3 Å². The van der Waals surface area contributed by atoms with Gasteiger partial charge in [-0.3, -0.25) is 9.63 Å². The minimum atomic E-state index is -0.0590. The van der Waals surface area contributed by atoms with Crippen molar-refractivity contribution in [3.8, 4) is 0 Å². The lowest BCUT2D eigenvalue weighted by atomic mass is 9.74. The fourth-order valence-corrected chi connectivity index (χ4v) is 1.79. The zero-order valence-corrected chi connectivity index (χ0v) is 9.62. The number of allylic oxidation sites excluding steroid dienone is 4. The van der Waals surface area contributed by atoms with Crippen molar-refractivity contribution in [3.63, 3.8) is 0 Å². The molecule has 84 valence electrons. The van der Waals surface area contributed by atoms with E-state index in [0.29, 0.717) is 12.3 Å². The van der Waals surface area contributed by atoms with Gasteiger partial charge in [0.25, 0.3) is 0 Å². The molecule has 1 amide bonds. The second-order valence-electron chi connectivity index (χ2n) is 4.44. The summed E-state index contributed by atoms with van der Waals surface area (Å²) in [5.41, 5.74) is 2.47. The van der Waals surface area contributed by atoms with Gasteiger partial charge in [-0.2, -0.15) is 0 Å². The van der Waals surface area contributed by atoms with Crippen molar-refractivity contribution in [1.29, 1.82) is 0 Å². The van der Waals surface area contributed by atoms with Crippen LogP contribution in [0, 0.1) is 11.3 Å². The van der Waals surface area contributed by atoms with Crippen LogP contribution >= 0.6 is 0 Å². The van der Waals surface area contributed by atoms with Crippen molar-refractivity contribution in [2.24, 2.45) is 11.3 Å². The summed E-state index contributed by atoms with van der Waals surface area (Å²) < 4.78 is 0. The maximum Gasteiger partial charge on any atom is 0.243 e. The topological polar surface area (TPSA) is 38.3 Å². The Kier molecular flexibility index (Phi) is 4.09. The number of hydroxylamine groups is 1. The molecular weight excluding hydrogens is 190 g/mol. The molecule has 1 rings (SSSR count). The summed E-state index contributed by atoms with van der Waals surface area (Å²) in [5.74, 6) is 0.362. The standard InChI is InChI=1S/C12H19NO2/c1-12(2)9-5-4-6-10(12)7-8-11(14)13-15-3/h4-6,9-10H,7-8H2,1-3H3,(H,13,14). The summed E-state index contributed by atoms with van der Waals surface area (Å²) in [6, 6.07) is 0. The van der Waals surface area contributed by atoms with Gasteiger partial charge in [-0.1, -0.05) is 38.2 Å². The monoisotopic (exact) mass is 209 g/mol. The Labute approximate surface area is 91.1 Å². The lowest BCUT2D eigenvalue weighted by Gasteiger charge is -2.31. The molecule has 0 radical (unpaired) electrons. The van der Waals surface area contributed by atoms with E-state index < -0.39 is 0 Å². The molecule has 3 heteroatoms. The highest BCUT2D eigenvalue weighted by Gasteiger charge is 2.26. The first-order valence-electron chi connectivity index (χ1n) is 5.24. The van der Waals surface area contributed by atoms with Crippen LogP contribution in [0.25, 0.3) is 0 Å². The quantitative estimate of drug-likeness (QED) is 0.721. The molecule has 15 heavy (non-hydrogen) atoms. The molecule has 1 atom stereocenters. The zero-order valence-electron chi connectivity index (χ0n) is 9.62. The number of nitrogens with one attached hydrogen (secondary N) is 1. The molecule has 1 aliphatic carbocycles. The van der Waals surface area contributed by atoms with E-state index >= 15 is 0 Å². The molecule has 1 aliphatic rings. The maximum absolute atomic E-state index is 11.2. The third-order valence-electron chi connectivity index (χ3n) is 2.83. The lowest BCUT2D eigenvalue weighted by Crippen LogP contribution is -2.26. The molecule has 0 saturated carbocycles. The van der Waals surface area contributed by atoms with Gasteiger partial charge in [0, 0.05) is 6.42 Å². The normalized spacial score (nSPS) is 22.7. The second kappa shape index (κ2) is 5.12. The van der Waals surface area contributed by atoms with Gasteiger partial charge >= 0.3 is 0 Å². The number of carbonyl (C=O) groups excluding carboxylic acids is 1. The molecule has 0 bridgehead atoms. The Morgan fingerprint density at radius 3 is 2.80 bits per heavy atom. The van der Waals surface area contributed by atoms with E-state index in [1.807, 2.05) is 6.08 Å². The molecule has 0 aromatic heterocycles. The molecular formula is C12H19NO2. The summed E-state index contributed by atoms with van der Waals surface area (Å²) in [4.78, 5) is 15.8. The molecule has 0 spiro atoms. The van der Waals surface area contributed by atoms with E-state index in [2.05, 4.69) is 42.4 Å². The van der Waals surface area contributed by atoms with Gasteiger partial charge in [0.15, 0.2) is 0 Å². The molecule has 0 aromatic rings. The Balaban J connectivity index is 2.42. The minimum Gasteiger partial charge on any atom is -0.277 e. The third-order valence-corrected chi connectivity index (χ3v) is 2.83. The van der Waals surface area contributed by atoms with Gasteiger partial charge in [0.2, 0.25) is 5.91 Å². The Morgan fingerprint density at radius 1 is 1.47 bits per heavy atom. The Morgan fingerprint density at radius 2 is 2.20 bits per heavy atom. The van der Waals surface area contributed by atoms with E-state index in [1.165, 1.54) is 7.11 Å². The van der Waals surface area contributed by atoms with E-state index in [1.54, 1.807) is 0 Å². The lowest BCUT2D eigenvalue weighted by molar-refractivity contribution is -0.131. The smallest absolute Gasteiger partial charge is 0.243 e. The van der Waals surface area contributed by atoms with E-state index in [9.17, 15) is 4.79 Å². The molecule has 0 aliphatic heterocycles. The van der Waals surface area contributed by atoms with Crippen LogP contribution in [0.5, 0.6) is 0 Å². The SMILES string of the molecule is CONC(=O)CCC1C=CC=CC1(C)C. The fourth-order valence-electron chi connectivity index (χ4n) is 1.79. The van der Waals surface area contributed by atoms with Crippen LogP contribution in [-0.4, -0.2) is 13.0 Å². The summed E-state index contributed by atoms with van der Waals surface area (Å²) in [6.45, 7) is 4.37. The van der Waals surface area contributed by atoms with Gasteiger partial charge in [0.1, 0.15) is 0 Å². The van der Waals surface area contributed by atoms with Crippen molar-refractivity contribution in [3.05, 3.63) is 24.3 Å². The summed E-state index contributed by atoms with van der Waals surface area (Å²) >= 11 is 0. The van der Waals surface area contributed by atoms with E-state index in [0.717, 1.165) is 6.42 Å². The minimum absolute atomic E-state index is 0.0590. The van der Waals surface area contributed by atoms with Crippen LogP contribution in [0.2, 0.25) is 0 Å². The molecule has 0 heterocycles. The largest absolute Gasteiger partial charge is 0.277 e. The maximum atomic E-state index is 11.2. The average molecular weight is 209 g/mol. The third kappa shape index (κ3) is 3.51. The summed E-state index contributed by atoms with van der Waals surface area (Å²) in [5, 5.41) is 0. The first-order chi connectivity index (χ1) is 7.06. The molecule has 3 nitrogen and oxygen atoms in total. The molecule has 0 fully saturated rings. The van der Waals surface area contributed by atoms with Crippen LogP contribution in [0.4, 0.5) is 0 Å². The molecule has 0 aromatic carbocycles. The number of hydrogen-bond acceptors (Lipinski definition) is 2. The number of carbonyl (C=O) groups is 1. The zero-order chi connectivity index (χ0) is 11.3. The highest BCUT2D eigenvalue weighted by atomic mass is 16.6. The van der Waals surface area contributed by atoms with E-state index in [4.69, 9.17) is 0 Å². The van der Waals surface area contributed by atoms with Gasteiger partial charge in [0.05, 0.1) is 7.11 Å². The van der Waals surface area contributed by atoms with Crippen LogP contribution in [0.1, 0.15) is 26.7 Å². The van der Waals surface area contributed by atoms with Gasteiger partial charge in [-0.15, -0.1) is 0 Å². The predicted octanol–water partition coefficient (Wildman–Crippen LogP) is 2.21. The van der Waals surface area contributed by atoms with Crippen molar-refractivity contribution in [1.82, 2.24) is 5.48 Å². The van der Waals surface area contributed by atoms with Gasteiger partial charge in [-0.05, 0) is 17.8 Å². The highest BCUT2D eigenvalue weighted by molar-refractivity contribution is 5.74. The number of hydrogen-bond donors (Lipinski definition) is 1. The predicted molar refractivity (Wildman–Crippen MR) is 59.9 cm³/mol. The van der Waals surface area contributed by atoms with Crippen LogP contribution in [0.15, 0.2) is 24.3 Å². The summed E-state index contributed by atoms with van der Waals surface area (Å²) in [6.07, 6.45) is 9.81. The molecule has 0 saturated heterocycles. The van der Waals surface area contributed by atoms with Crippen LogP contribution in [-0.2, 0) is 9.63 Å². The average Bonchev–Trinajstić information content (AvgIpc) is 2.16. The molecule has 1 N–H and O–H groups in total. The highest BCUT2D eigenvalue weighted by Crippen LogP contribution is 2.35. The van der Waals surface area contributed by atoms with Crippen LogP contribution < -0.4 is 5.48 Å². The first kappa shape index (κ1) is 12.0. The molecule has 1 unspecified atom stereocenters. The fraction of sp³-hybridized carbons (Fsp3) is 0.583. The van der Waals surface area contributed by atoms with Crippen LogP contribution in [0.3, 0.4) is 0 Å². The second-order valence-corrected chi connectivity index (χ2v) is 4.44. The summed E-state index contributed by atoms with van der Waals surface area (Å²) in [7, 11) is 1.45. The Bertz CT molecular complexity index is 279.